The first-order valence-electron chi connectivity index (χ1n) is 5.36. The standard InChI is InChI=1S/C12H18ClNO2/c1-8(14-7-12(16)9(2)15)10-5-3-4-6-11(10)13/h3-6,8-9,12,14-16H,7H2,1-2H3/t8-,9?,12?/m1/s1. The first-order chi connectivity index (χ1) is 7.52. The predicted octanol–water partition coefficient (Wildman–Crippen LogP) is 1.73. The number of rotatable bonds is 5. The van der Waals surface area contributed by atoms with E-state index in [-0.39, 0.29) is 6.04 Å². The molecule has 0 radical (unpaired) electrons. The van der Waals surface area contributed by atoms with Crippen molar-refractivity contribution in [2.24, 2.45) is 0 Å². The highest BCUT2D eigenvalue weighted by molar-refractivity contribution is 6.31. The molecule has 4 heteroatoms. The number of nitrogens with one attached hydrogen (secondary N) is 1. The molecule has 0 spiro atoms. The molecule has 3 N–H and O–H groups in total. The van der Waals surface area contributed by atoms with Crippen molar-refractivity contribution in [3.05, 3.63) is 34.9 Å². The minimum absolute atomic E-state index is 0.0436. The minimum atomic E-state index is -0.759. The molecule has 1 rings (SSSR count). The molecule has 1 aromatic rings. The quantitative estimate of drug-likeness (QED) is 0.738. The van der Waals surface area contributed by atoms with Crippen molar-refractivity contribution in [3.8, 4) is 0 Å². The van der Waals surface area contributed by atoms with Crippen molar-refractivity contribution in [2.45, 2.75) is 32.1 Å². The third kappa shape index (κ3) is 3.76. The third-order valence-electron chi connectivity index (χ3n) is 2.56. The van der Waals surface area contributed by atoms with E-state index in [1.54, 1.807) is 6.92 Å². The molecule has 1 aromatic carbocycles. The summed E-state index contributed by atoms with van der Waals surface area (Å²) in [5.41, 5.74) is 0.988. The number of hydrogen-bond donors (Lipinski definition) is 3. The fourth-order valence-corrected chi connectivity index (χ4v) is 1.70. The van der Waals surface area contributed by atoms with Gasteiger partial charge >= 0.3 is 0 Å². The van der Waals surface area contributed by atoms with Gasteiger partial charge in [0, 0.05) is 17.6 Å². The Balaban J connectivity index is 2.53. The minimum Gasteiger partial charge on any atom is -0.391 e. The molecule has 0 saturated carbocycles. The number of hydrogen-bond acceptors (Lipinski definition) is 3. The average molecular weight is 244 g/mol. The summed E-state index contributed by atoms with van der Waals surface area (Å²) in [6.45, 7) is 3.87. The summed E-state index contributed by atoms with van der Waals surface area (Å²) < 4.78 is 0. The van der Waals surface area contributed by atoms with Gasteiger partial charge in [0.05, 0.1) is 12.2 Å². The summed E-state index contributed by atoms with van der Waals surface area (Å²) in [5, 5.41) is 22.4. The molecule has 0 fully saturated rings. The van der Waals surface area contributed by atoms with Crippen LogP contribution < -0.4 is 5.32 Å². The molecular weight excluding hydrogens is 226 g/mol. The molecule has 0 aromatic heterocycles. The Morgan fingerprint density at radius 2 is 1.88 bits per heavy atom. The predicted molar refractivity (Wildman–Crippen MR) is 65.6 cm³/mol. The largest absolute Gasteiger partial charge is 0.391 e. The van der Waals surface area contributed by atoms with E-state index in [0.29, 0.717) is 11.6 Å². The van der Waals surface area contributed by atoms with Crippen LogP contribution in [0.4, 0.5) is 0 Å². The Bertz CT molecular complexity index is 331. The van der Waals surface area contributed by atoms with Gasteiger partial charge in [-0.25, -0.2) is 0 Å². The molecule has 0 amide bonds. The van der Waals surface area contributed by atoms with Gasteiger partial charge in [-0.05, 0) is 25.5 Å². The zero-order valence-corrected chi connectivity index (χ0v) is 10.3. The highest BCUT2D eigenvalue weighted by Crippen LogP contribution is 2.21. The molecule has 16 heavy (non-hydrogen) atoms. The van der Waals surface area contributed by atoms with E-state index < -0.39 is 12.2 Å². The number of aliphatic hydroxyl groups is 2. The molecule has 0 heterocycles. The van der Waals surface area contributed by atoms with Gasteiger partial charge in [0.25, 0.3) is 0 Å². The molecule has 0 aliphatic heterocycles. The van der Waals surface area contributed by atoms with Crippen molar-refractivity contribution < 1.29 is 10.2 Å². The van der Waals surface area contributed by atoms with Crippen molar-refractivity contribution in [1.29, 1.82) is 0 Å². The van der Waals surface area contributed by atoms with Crippen LogP contribution in [-0.4, -0.2) is 29.0 Å². The SMILES string of the molecule is CC(O)C(O)CN[C@H](C)c1ccccc1Cl. The van der Waals surface area contributed by atoms with Gasteiger partial charge in [-0.2, -0.15) is 0 Å². The van der Waals surface area contributed by atoms with Crippen molar-refractivity contribution in [2.75, 3.05) is 6.54 Å². The smallest absolute Gasteiger partial charge is 0.0920 e. The van der Waals surface area contributed by atoms with Crippen LogP contribution in [0.25, 0.3) is 0 Å². The Labute approximate surface area is 101 Å². The second kappa shape index (κ2) is 6.21. The third-order valence-corrected chi connectivity index (χ3v) is 2.91. The number of benzene rings is 1. The van der Waals surface area contributed by atoms with E-state index in [0.717, 1.165) is 5.56 Å². The lowest BCUT2D eigenvalue weighted by Gasteiger charge is -2.19. The molecule has 2 unspecified atom stereocenters. The first kappa shape index (κ1) is 13.5. The highest BCUT2D eigenvalue weighted by Gasteiger charge is 2.13. The lowest BCUT2D eigenvalue weighted by atomic mass is 10.1. The zero-order chi connectivity index (χ0) is 12.1. The monoisotopic (exact) mass is 243 g/mol. The normalized spacial score (nSPS) is 16.8. The fourth-order valence-electron chi connectivity index (χ4n) is 1.40. The second-order valence-corrected chi connectivity index (χ2v) is 4.37. The summed E-state index contributed by atoms with van der Waals surface area (Å²) in [4.78, 5) is 0. The van der Waals surface area contributed by atoms with Gasteiger partial charge < -0.3 is 15.5 Å². The Hall–Kier alpha value is -0.610. The van der Waals surface area contributed by atoms with Gasteiger partial charge in [-0.3, -0.25) is 0 Å². The Morgan fingerprint density at radius 3 is 2.44 bits per heavy atom. The molecule has 3 nitrogen and oxygen atoms in total. The average Bonchev–Trinajstić information content (AvgIpc) is 2.25. The molecule has 0 aliphatic rings. The molecule has 0 saturated heterocycles. The summed E-state index contributed by atoms with van der Waals surface area (Å²) in [6.07, 6.45) is -1.49. The van der Waals surface area contributed by atoms with Crippen LogP contribution >= 0.6 is 11.6 Å². The van der Waals surface area contributed by atoms with E-state index in [4.69, 9.17) is 16.7 Å². The van der Waals surface area contributed by atoms with E-state index >= 15 is 0 Å². The van der Waals surface area contributed by atoms with E-state index in [9.17, 15) is 5.11 Å². The van der Waals surface area contributed by atoms with Crippen molar-refractivity contribution in [3.63, 3.8) is 0 Å². The summed E-state index contributed by atoms with van der Waals surface area (Å²) in [5.74, 6) is 0. The summed E-state index contributed by atoms with van der Waals surface area (Å²) in [7, 11) is 0. The fraction of sp³-hybridized carbons (Fsp3) is 0.500. The van der Waals surface area contributed by atoms with Crippen LogP contribution in [0.2, 0.25) is 5.02 Å². The van der Waals surface area contributed by atoms with Crippen molar-refractivity contribution >= 4 is 11.6 Å². The Kier molecular flexibility index (Phi) is 5.22. The van der Waals surface area contributed by atoms with Crippen LogP contribution in [0.3, 0.4) is 0 Å². The number of aliphatic hydroxyl groups excluding tert-OH is 2. The molecule has 90 valence electrons. The van der Waals surface area contributed by atoms with Crippen LogP contribution in [-0.2, 0) is 0 Å². The molecule has 0 bridgehead atoms. The topological polar surface area (TPSA) is 52.5 Å². The lowest BCUT2D eigenvalue weighted by molar-refractivity contribution is 0.0305. The van der Waals surface area contributed by atoms with Gasteiger partial charge in [-0.15, -0.1) is 0 Å². The van der Waals surface area contributed by atoms with Gasteiger partial charge in [0.15, 0.2) is 0 Å². The highest BCUT2D eigenvalue weighted by atomic mass is 35.5. The van der Waals surface area contributed by atoms with Gasteiger partial charge in [-0.1, -0.05) is 29.8 Å². The van der Waals surface area contributed by atoms with E-state index in [1.807, 2.05) is 31.2 Å². The van der Waals surface area contributed by atoms with Crippen LogP contribution in [0.1, 0.15) is 25.5 Å². The molecule has 3 atom stereocenters. The molecule has 0 aliphatic carbocycles. The zero-order valence-electron chi connectivity index (χ0n) is 9.52. The maximum Gasteiger partial charge on any atom is 0.0920 e. The van der Waals surface area contributed by atoms with Gasteiger partial charge in [0.2, 0.25) is 0 Å². The first-order valence-corrected chi connectivity index (χ1v) is 5.74. The van der Waals surface area contributed by atoms with Crippen molar-refractivity contribution in [1.82, 2.24) is 5.32 Å². The van der Waals surface area contributed by atoms with Crippen LogP contribution in [0, 0.1) is 0 Å². The maximum absolute atomic E-state index is 9.45. The lowest BCUT2D eigenvalue weighted by Crippen LogP contribution is -2.35. The molecular formula is C12H18ClNO2. The van der Waals surface area contributed by atoms with Gasteiger partial charge in [0.1, 0.15) is 0 Å². The van der Waals surface area contributed by atoms with E-state index in [2.05, 4.69) is 5.32 Å². The van der Waals surface area contributed by atoms with Crippen LogP contribution in [0.5, 0.6) is 0 Å². The maximum atomic E-state index is 9.45. The second-order valence-electron chi connectivity index (χ2n) is 3.96. The number of halogens is 1. The van der Waals surface area contributed by atoms with E-state index in [1.165, 1.54) is 0 Å². The summed E-state index contributed by atoms with van der Waals surface area (Å²) >= 11 is 6.05. The Morgan fingerprint density at radius 1 is 1.25 bits per heavy atom. The summed E-state index contributed by atoms with van der Waals surface area (Å²) in [6, 6.07) is 7.62. The van der Waals surface area contributed by atoms with Crippen LogP contribution in [0.15, 0.2) is 24.3 Å².